The molecule has 0 fully saturated rings. The number of nitro benzene ring substituents is 1. The molecule has 14 heavy (non-hydrogen) atoms. The van der Waals surface area contributed by atoms with Crippen LogP contribution in [0.5, 0.6) is 5.75 Å². The molecule has 0 bridgehead atoms. The van der Waals surface area contributed by atoms with Crippen LogP contribution in [-0.4, -0.2) is 17.2 Å². The zero-order valence-corrected chi connectivity index (χ0v) is 7.56. The average molecular weight is 198 g/mol. The molecule has 0 saturated heterocycles. The highest BCUT2D eigenvalue weighted by molar-refractivity contribution is 5.43. The number of hydroxylamine groups is 1. The summed E-state index contributed by atoms with van der Waals surface area (Å²) in [5.41, 5.74) is 2.42. The highest BCUT2D eigenvalue weighted by atomic mass is 16.6. The quantitative estimate of drug-likeness (QED) is 0.558. The van der Waals surface area contributed by atoms with Crippen LogP contribution in [0.4, 0.5) is 5.69 Å². The molecule has 0 amide bonds. The van der Waals surface area contributed by atoms with E-state index >= 15 is 0 Å². The molecule has 6 nitrogen and oxygen atoms in total. The highest BCUT2D eigenvalue weighted by Gasteiger charge is 2.10. The van der Waals surface area contributed by atoms with Crippen molar-refractivity contribution in [3.05, 3.63) is 33.9 Å². The minimum atomic E-state index is -0.500. The van der Waals surface area contributed by atoms with Crippen LogP contribution in [-0.2, 0) is 6.54 Å². The van der Waals surface area contributed by atoms with Crippen molar-refractivity contribution in [3.63, 3.8) is 0 Å². The topological polar surface area (TPSA) is 84.6 Å². The van der Waals surface area contributed by atoms with Gasteiger partial charge in [0.15, 0.2) is 0 Å². The molecule has 6 heteroatoms. The number of hydrogen-bond donors (Lipinski definition) is 2. The molecule has 0 aliphatic heterocycles. The Balaban J connectivity index is 3.07. The predicted octanol–water partition coefficient (Wildman–Crippen LogP) is 1.08. The molecule has 2 N–H and O–H groups in total. The molecule has 1 aromatic rings. The van der Waals surface area contributed by atoms with Gasteiger partial charge in [0.05, 0.1) is 12.0 Å². The molecule has 76 valence electrons. The summed E-state index contributed by atoms with van der Waals surface area (Å²) in [5, 5.41) is 18.9. The zero-order chi connectivity index (χ0) is 10.6. The summed E-state index contributed by atoms with van der Waals surface area (Å²) in [5.74, 6) is 0.497. The van der Waals surface area contributed by atoms with Crippen LogP contribution in [0.3, 0.4) is 0 Å². The van der Waals surface area contributed by atoms with Gasteiger partial charge in [-0.25, -0.2) is 5.48 Å². The third-order valence-corrected chi connectivity index (χ3v) is 1.74. The van der Waals surface area contributed by atoms with Gasteiger partial charge in [0.25, 0.3) is 5.69 Å². The molecule has 0 heterocycles. The molecular formula is C8H10N2O4. The Hall–Kier alpha value is -1.66. The average Bonchev–Trinajstić information content (AvgIpc) is 2.18. The summed E-state index contributed by atoms with van der Waals surface area (Å²) in [6.07, 6.45) is 0. The second kappa shape index (κ2) is 4.54. The minimum absolute atomic E-state index is 0.0314. The Morgan fingerprint density at radius 3 is 2.86 bits per heavy atom. The standard InChI is InChI=1S/C8H10N2O4/c1-14-8-3-2-7(10(12)13)4-6(8)5-9-11/h2-4,9,11H,5H2,1H3. The molecule has 0 unspecified atom stereocenters. The molecule has 1 rings (SSSR count). The molecule has 0 aliphatic carbocycles. The number of nitrogens with zero attached hydrogens (tertiary/aromatic N) is 1. The number of nitrogens with one attached hydrogen (secondary N) is 1. The highest BCUT2D eigenvalue weighted by Crippen LogP contribution is 2.23. The second-order valence-corrected chi connectivity index (χ2v) is 2.59. The first-order valence-corrected chi connectivity index (χ1v) is 3.87. The number of rotatable bonds is 4. The van der Waals surface area contributed by atoms with Gasteiger partial charge in [0.1, 0.15) is 5.75 Å². The second-order valence-electron chi connectivity index (χ2n) is 2.59. The van der Waals surface area contributed by atoms with Crippen molar-refractivity contribution >= 4 is 5.69 Å². The monoisotopic (exact) mass is 198 g/mol. The van der Waals surface area contributed by atoms with Gasteiger partial charge in [-0.1, -0.05) is 0 Å². The number of nitro groups is 1. The normalized spacial score (nSPS) is 9.86. The minimum Gasteiger partial charge on any atom is -0.496 e. The van der Waals surface area contributed by atoms with E-state index in [2.05, 4.69) is 0 Å². The van der Waals surface area contributed by atoms with Crippen LogP contribution in [0.15, 0.2) is 18.2 Å². The number of ether oxygens (including phenoxy) is 1. The Morgan fingerprint density at radius 2 is 2.36 bits per heavy atom. The molecule has 0 saturated carbocycles. The van der Waals surface area contributed by atoms with E-state index in [0.717, 1.165) is 0 Å². The first-order chi connectivity index (χ1) is 6.69. The van der Waals surface area contributed by atoms with Crippen molar-refractivity contribution < 1.29 is 14.9 Å². The van der Waals surface area contributed by atoms with Crippen molar-refractivity contribution in [2.45, 2.75) is 6.54 Å². The number of benzene rings is 1. The fourth-order valence-corrected chi connectivity index (χ4v) is 1.10. The van der Waals surface area contributed by atoms with Crippen molar-refractivity contribution in [2.24, 2.45) is 0 Å². The lowest BCUT2D eigenvalue weighted by Gasteiger charge is -2.06. The molecule has 0 atom stereocenters. The lowest BCUT2D eigenvalue weighted by molar-refractivity contribution is -0.384. The van der Waals surface area contributed by atoms with Crippen molar-refractivity contribution in [1.29, 1.82) is 0 Å². The SMILES string of the molecule is COc1ccc([N+](=O)[O-])cc1CNO. The van der Waals surface area contributed by atoms with Gasteiger partial charge in [-0.3, -0.25) is 10.1 Å². The van der Waals surface area contributed by atoms with E-state index in [1.54, 1.807) is 0 Å². The fourth-order valence-electron chi connectivity index (χ4n) is 1.10. The largest absolute Gasteiger partial charge is 0.496 e. The van der Waals surface area contributed by atoms with E-state index < -0.39 is 4.92 Å². The van der Waals surface area contributed by atoms with Crippen LogP contribution >= 0.6 is 0 Å². The maximum Gasteiger partial charge on any atom is 0.270 e. The van der Waals surface area contributed by atoms with Gasteiger partial charge in [-0.05, 0) is 6.07 Å². The molecule has 0 radical (unpaired) electrons. The number of hydrogen-bond acceptors (Lipinski definition) is 5. The van der Waals surface area contributed by atoms with Crippen molar-refractivity contribution in [2.75, 3.05) is 7.11 Å². The maximum absolute atomic E-state index is 10.4. The molecule has 0 aliphatic rings. The zero-order valence-electron chi connectivity index (χ0n) is 7.56. The van der Waals surface area contributed by atoms with E-state index in [-0.39, 0.29) is 12.2 Å². The lowest BCUT2D eigenvalue weighted by Crippen LogP contribution is -2.07. The Labute approximate surface area is 80.2 Å². The van der Waals surface area contributed by atoms with Crippen molar-refractivity contribution in [3.8, 4) is 5.75 Å². The Kier molecular flexibility index (Phi) is 3.38. The first-order valence-electron chi connectivity index (χ1n) is 3.87. The van der Waals surface area contributed by atoms with Gasteiger partial charge in [0.2, 0.25) is 0 Å². The van der Waals surface area contributed by atoms with Crippen LogP contribution in [0.2, 0.25) is 0 Å². The van der Waals surface area contributed by atoms with Crippen LogP contribution < -0.4 is 10.2 Å². The number of non-ortho nitro benzene ring substituents is 1. The van der Waals surface area contributed by atoms with E-state index in [9.17, 15) is 10.1 Å². The third kappa shape index (κ3) is 2.18. The van der Waals surface area contributed by atoms with Gasteiger partial charge < -0.3 is 9.94 Å². The van der Waals surface area contributed by atoms with E-state index in [1.807, 2.05) is 5.48 Å². The molecule has 0 aromatic heterocycles. The van der Waals surface area contributed by atoms with Crippen LogP contribution in [0.1, 0.15) is 5.56 Å². The molecule has 1 aromatic carbocycles. The predicted molar refractivity (Wildman–Crippen MR) is 48.3 cm³/mol. The molecular weight excluding hydrogens is 188 g/mol. The van der Waals surface area contributed by atoms with Gasteiger partial charge in [-0.2, -0.15) is 0 Å². The number of methoxy groups -OCH3 is 1. The molecule has 0 spiro atoms. The third-order valence-electron chi connectivity index (χ3n) is 1.74. The maximum atomic E-state index is 10.4. The van der Waals surface area contributed by atoms with E-state index in [1.165, 1.54) is 25.3 Å². The summed E-state index contributed by atoms with van der Waals surface area (Å²) in [6, 6.07) is 4.19. The summed E-state index contributed by atoms with van der Waals surface area (Å²) in [7, 11) is 1.46. The summed E-state index contributed by atoms with van der Waals surface area (Å²) < 4.78 is 4.96. The van der Waals surface area contributed by atoms with Gasteiger partial charge >= 0.3 is 0 Å². The van der Waals surface area contributed by atoms with E-state index in [4.69, 9.17) is 9.94 Å². The van der Waals surface area contributed by atoms with Gasteiger partial charge in [-0.15, -0.1) is 0 Å². The first kappa shape index (κ1) is 10.4. The van der Waals surface area contributed by atoms with Gasteiger partial charge in [0, 0.05) is 24.2 Å². The Bertz CT molecular complexity index is 340. The smallest absolute Gasteiger partial charge is 0.270 e. The fraction of sp³-hybridized carbons (Fsp3) is 0.250. The van der Waals surface area contributed by atoms with E-state index in [0.29, 0.717) is 11.3 Å². The van der Waals surface area contributed by atoms with Crippen molar-refractivity contribution in [1.82, 2.24) is 5.48 Å². The summed E-state index contributed by atoms with van der Waals surface area (Å²) in [6.45, 7) is 0.102. The summed E-state index contributed by atoms with van der Waals surface area (Å²) >= 11 is 0. The lowest BCUT2D eigenvalue weighted by atomic mass is 10.2. The van der Waals surface area contributed by atoms with Crippen LogP contribution in [0.25, 0.3) is 0 Å². The summed E-state index contributed by atoms with van der Waals surface area (Å²) in [4.78, 5) is 9.94. The Morgan fingerprint density at radius 1 is 1.64 bits per heavy atom. The van der Waals surface area contributed by atoms with Crippen LogP contribution in [0, 0.1) is 10.1 Å².